The molecule has 2 aromatic rings. The second-order valence-electron chi connectivity index (χ2n) is 5.95. The van der Waals surface area contributed by atoms with E-state index in [1.54, 1.807) is 6.33 Å². The molecule has 0 aliphatic carbocycles. The molecule has 2 aliphatic heterocycles. The highest BCUT2D eigenvalue weighted by atomic mass is 16.5. The second kappa shape index (κ2) is 5.61. The van der Waals surface area contributed by atoms with Crippen LogP contribution >= 0.6 is 0 Å². The van der Waals surface area contributed by atoms with E-state index < -0.39 is 0 Å². The van der Waals surface area contributed by atoms with E-state index >= 15 is 0 Å². The maximum absolute atomic E-state index is 5.42. The molecule has 0 spiro atoms. The fraction of sp³-hybridized carbons (Fsp3) is 0.600. The maximum Gasteiger partial charge on any atom is 0.142 e. The van der Waals surface area contributed by atoms with Crippen LogP contribution in [0.1, 0.15) is 6.42 Å². The van der Waals surface area contributed by atoms with Crippen LogP contribution in [0.3, 0.4) is 0 Å². The Morgan fingerprint density at radius 2 is 2.14 bits per heavy atom. The summed E-state index contributed by atoms with van der Waals surface area (Å²) < 4.78 is 5.42. The van der Waals surface area contributed by atoms with E-state index in [0.29, 0.717) is 0 Å². The van der Waals surface area contributed by atoms with Crippen molar-refractivity contribution < 1.29 is 4.74 Å². The van der Waals surface area contributed by atoms with Gasteiger partial charge in [-0.2, -0.15) is 0 Å². The summed E-state index contributed by atoms with van der Waals surface area (Å²) >= 11 is 0. The van der Waals surface area contributed by atoms with Crippen LogP contribution in [-0.4, -0.2) is 65.8 Å². The number of nitrogens with zero attached hydrogens (tertiary/aromatic N) is 4. The second-order valence-corrected chi connectivity index (χ2v) is 5.95. The molecule has 0 bridgehead atoms. The minimum absolute atomic E-state index is 0.729. The number of aromatic nitrogens is 3. The van der Waals surface area contributed by atoms with Gasteiger partial charge in [-0.3, -0.25) is 4.90 Å². The average Bonchev–Trinajstić information content (AvgIpc) is 3.16. The molecule has 1 atom stereocenters. The summed E-state index contributed by atoms with van der Waals surface area (Å²) in [5.41, 5.74) is 0.927. The molecule has 21 heavy (non-hydrogen) atoms. The summed E-state index contributed by atoms with van der Waals surface area (Å²) in [6, 6.07) is 2.07. The zero-order valence-electron chi connectivity index (χ0n) is 12.2. The van der Waals surface area contributed by atoms with Crippen molar-refractivity contribution in [2.24, 2.45) is 5.92 Å². The Morgan fingerprint density at radius 1 is 1.24 bits per heavy atom. The van der Waals surface area contributed by atoms with Crippen molar-refractivity contribution in [3.8, 4) is 0 Å². The van der Waals surface area contributed by atoms with Crippen molar-refractivity contribution in [1.82, 2.24) is 19.9 Å². The number of rotatable bonds is 3. The minimum Gasteiger partial charge on any atom is -0.379 e. The van der Waals surface area contributed by atoms with Crippen LogP contribution in [-0.2, 0) is 4.74 Å². The smallest absolute Gasteiger partial charge is 0.142 e. The van der Waals surface area contributed by atoms with Crippen molar-refractivity contribution in [3.63, 3.8) is 0 Å². The predicted octanol–water partition coefficient (Wildman–Crippen LogP) is 1.12. The number of morpholine rings is 1. The Kier molecular flexibility index (Phi) is 3.48. The van der Waals surface area contributed by atoms with Crippen LogP contribution in [0.15, 0.2) is 18.6 Å². The van der Waals surface area contributed by atoms with Crippen LogP contribution in [0.2, 0.25) is 0 Å². The number of anilines is 1. The summed E-state index contributed by atoms with van der Waals surface area (Å²) in [5, 5.41) is 1.13. The first-order chi connectivity index (χ1) is 10.4. The topological polar surface area (TPSA) is 57.3 Å². The zero-order chi connectivity index (χ0) is 14.1. The first-order valence-corrected chi connectivity index (χ1v) is 7.73. The van der Waals surface area contributed by atoms with Crippen LogP contribution in [0.25, 0.3) is 11.0 Å². The predicted molar refractivity (Wildman–Crippen MR) is 81.5 cm³/mol. The fourth-order valence-corrected chi connectivity index (χ4v) is 3.43. The highest BCUT2D eigenvalue weighted by molar-refractivity contribution is 5.87. The SMILES string of the molecule is c1nc(N2CCC(CN3CCOCC3)C2)c2cc[nH]c2n1. The number of H-pyrrole nitrogens is 1. The van der Waals surface area contributed by atoms with E-state index in [1.165, 1.54) is 13.0 Å². The van der Waals surface area contributed by atoms with Crippen molar-refractivity contribution in [3.05, 3.63) is 18.6 Å². The van der Waals surface area contributed by atoms with Crippen LogP contribution in [0, 0.1) is 5.92 Å². The summed E-state index contributed by atoms with van der Waals surface area (Å²) in [6.45, 7) is 7.28. The largest absolute Gasteiger partial charge is 0.379 e. The van der Waals surface area contributed by atoms with Gasteiger partial charge in [-0.1, -0.05) is 0 Å². The molecule has 0 amide bonds. The molecule has 2 aliphatic rings. The van der Waals surface area contributed by atoms with E-state index in [4.69, 9.17) is 4.74 Å². The van der Waals surface area contributed by atoms with Gasteiger partial charge in [0.2, 0.25) is 0 Å². The fourth-order valence-electron chi connectivity index (χ4n) is 3.43. The molecule has 6 nitrogen and oxygen atoms in total. The molecule has 0 aromatic carbocycles. The van der Waals surface area contributed by atoms with E-state index in [1.807, 2.05) is 6.20 Å². The lowest BCUT2D eigenvalue weighted by atomic mass is 10.1. The van der Waals surface area contributed by atoms with Gasteiger partial charge in [0, 0.05) is 38.9 Å². The number of hydrogen-bond acceptors (Lipinski definition) is 5. The highest BCUT2D eigenvalue weighted by Crippen LogP contribution is 2.28. The van der Waals surface area contributed by atoms with Crippen LogP contribution in [0.4, 0.5) is 5.82 Å². The van der Waals surface area contributed by atoms with E-state index in [2.05, 4.69) is 30.8 Å². The molecule has 6 heteroatoms. The van der Waals surface area contributed by atoms with E-state index in [-0.39, 0.29) is 0 Å². The van der Waals surface area contributed by atoms with Crippen molar-refractivity contribution in [2.75, 3.05) is 50.8 Å². The van der Waals surface area contributed by atoms with Gasteiger partial charge >= 0.3 is 0 Å². The Balaban J connectivity index is 1.45. The summed E-state index contributed by atoms with van der Waals surface area (Å²) in [4.78, 5) is 16.9. The van der Waals surface area contributed by atoms with Gasteiger partial charge in [-0.15, -0.1) is 0 Å². The molecule has 4 heterocycles. The monoisotopic (exact) mass is 287 g/mol. The number of aromatic amines is 1. The van der Waals surface area contributed by atoms with Crippen molar-refractivity contribution >= 4 is 16.9 Å². The Hall–Kier alpha value is -1.66. The van der Waals surface area contributed by atoms with Gasteiger partial charge in [0.1, 0.15) is 17.8 Å². The lowest BCUT2D eigenvalue weighted by molar-refractivity contribution is 0.0320. The van der Waals surface area contributed by atoms with Gasteiger partial charge in [0.15, 0.2) is 0 Å². The summed E-state index contributed by atoms with van der Waals surface area (Å²) in [6.07, 6.45) is 4.83. The third-order valence-corrected chi connectivity index (χ3v) is 4.54. The first kappa shape index (κ1) is 13.0. The standard InChI is InChI=1S/C15H21N5O/c1-3-16-14-13(1)15(18-11-17-14)20-4-2-12(10-20)9-19-5-7-21-8-6-19/h1,3,11-12H,2,4-10H2,(H,16,17,18). The van der Waals surface area contributed by atoms with Gasteiger partial charge in [0.05, 0.1) is 18.6 Å². The molecule has 1 unspecified atom stereocenters. The van der Waals surface area contributed by atoms with Crippen LogP contribution < -0.4 is 4.90 Å². The Bertz CT molecular complexity index is 607. The Labute approximate surface area is 124 Å². The molecule has 1 N–H and O–H groups in total. The minimum atomic E-state index is 0.729. The van der Waals surface area contributed by atoms with E-state index in [0.717, 1.165) is 62.2 Å². The number of fused-ring (bicyclic) bond motifs is 1. The van der Waals surface area contributed by atoms with E-state index in [9.17, 15) is 0 Å². The summed E-state index contributed by atoms with van der Waals surface area (Å²) in [5.74, 6) is 1.80. The quantitative estimate of drug-likeness (QED) is 0.916. The first-order valence-electron chi connectivity index (χ1n) is 7.73. The molecular formula is C15H21N5O. The van der Waals surface area contributed by atoms with Gasteiger partial charge in [-0.05, 0) is 18.4 Å². The number of hydrogen-bond donors (Lipinski definition) is 1. The summed E-state index contributed by atoms with van der Waals surface area (Å²) in [7, 11) is 0. The normalized spacial score (nSPS) is 24.0. The zero-order valence-corrected chi connectivity index (χ0v) is 12.2. The van der Waals surface area contributed by atoms with Crippen LogP contribution in [0.5, 0.6) is 0 Å². The molecule has 4 rings (SSSR count). The molecule has 2 aromatic heterocycles. The van der Waals surface area contributed by atoms with Gasteiger partial charge in [0.25, 0.3) is 0 Å². The molecule has 2 fully saturated rings. The third-order valence-electron chi connectivity index (χ3n) is 4.54. The average molecular weight is 287 g/mol. The molecular weight excluding hydrogens is 266 g/mol. The van der Waals surface area contributed by atoms with Gasteiger partial charge in [-0.25, -0.2) is 9.97 Å². The molecule has 2 saturated heterocycles. The molecule has 0 radical (unpaired) electrons. The molecule has 0 saturated carbocycles. The lowest BCUT2D eigenvalue weighted by Gasteiger charge is -2.29. The number of ether oxygens (including phenoxy) is 1. The molecule has 112 valence electrons. The van der Waals surface area contributed by atoms with Gasteiger partial charge < -0.3 is 14.6 Å². The Morgan fingerprint density at radius 3 is 3.05 bits per heavy atom. The number of nitrogens with one attached hydrogen (secondary N) is 1. The maximum atomic E-state index is 5.42. The highest BCUT2D eigenvalue weighted by Gasteiger charge is 2.27. The van der Waals surface area contributed by atoms with Crippen molar-refractivity contribution in [2.45, 2.75) is 6.42 Å². The third kappa shape index (κ3) is 2.61. The lowest BCUT2D eigenvalue weighted by Crippen LogP contribution is -2.39. The van der Waals surface area contributed by atoms with Crippen molar-refractivity contribution in [1.29, 1.82) is 0 Å².